The van der Waals surface area contributed by atoms with Gasteiger partial charge in [0, 0.05) is 11.1 Å². The maximum atomic E-state index is 4.66. The van der Waals surface area contributed by atoms with E-state index in [9.17, 15) is 0 Å². The van der Waals surface area contributed by atoms with Crippen LogP contribution in [0.5, 0.6) is 0 Å². The molecule has 116 valence electrons. The molecule has 3 heteroatoms. The van der Waals surface area contributed by atoms with Crippen molar-refractivity contribution in [3.8, 4) is 0 Å². The van der Waals surface area contributed by atoms with Gasteiger partial charge in [-0.1, -0.05) is 58.8 Å². The molecular formula is C17H32N2S. The first-order valence-corrected chi connectivity index (χ1v) is 9.31. The maximum Gasteiger partial charge on any atom is 0.110 e. The fourth-order valence-electron chi connectivity index (χ4n) is 2.47. The summed E-state index contributed by atoms with van der Waals surface area (Å²) in [4.78, 5) is 4.66. The molecule has 0 aromatic carbocycles. The number of rotatable bonds is 12. The Morgan fingerprint density at radius 2 is 1.75 bits per heavy atom. The predicted octanol–water partition coefficient (Wildman–Crippen LogP) is 5.63. The van der Waals surface area contributed by atoms with Crippen LogP contribution in [0.15, 0.2) is 5.38 Å². The molecule has 20 heavy (non-hydrogen) atoms. The second-order valence-electron chi connectivity index (χ2n) is 5.74. The molecule has 0 amide bonds. The lowest BCUT2D eigenvalue weighted by atomic mass is 10.1. The average molecular weight is 297 g/mol. The van der Waals surface area contributed by atoms with Gasteiger partial charge in [-0.05, 0) is 26.3 Å². The number of unbranched alkanes of at least 4 members (excludes halogenated alkanes) is 6. The molecule has 0 aliphatic rings. The van der Waals surface area contributed by atoms with Crippen molar-refractivity contribution in [2.24, 2.45) is 0 Å². The zero-order chi connectivity index (χ0) is 14.6. The smallest absolute Gasteiger partial charge is 0.110 e. The molecule has 0 aliphatic carbocycles. The Morgan fingerprint density at radius 3 is 2.35 bits per heavy atom. The Balaban J connectivity index is 2.23. The van der Waals surface area contributed by atoms with Crippen molar-refractivity contribution in [1.29, 1.82) is 0 Å². The molecule has 0 fully saturated rings. The summed E-state index contributed by atoms with van der Waals surface area (Å²) in [6.45, 7) is 7.69. The Bertz CT molecular complexity index is 335. The molecule has 1 rings (SSSR count). The van der Waals surface area contributed by atoms with Crippen molar-refractivity contribution in [1.82, 2.24) is 10.3 Å². The number of nitrogens with zero attached hydrogens (tertiary/aromatic N) is 1. The van der Waals surface area contributed by atoms with Gasteiger partial charge in [-0.2, -0.15) is 0 Å². The molecule has 0 radical (unpaired) electrons. The number of thiazole rings is 1. The van der Waals surface area contributed by atoms with Crippen molar-refractivity contribution in [3.63, 3.8) is 0 Å². The third-order valence-corrected chi connectivity index (χ3v) is 4.75. The monoisotopic (exact) mass is 296 g/mol. The van der Waals surface area contributed by atoms with E-state index < -0.39 is 0 Å². The summed E-state index contributed by atoms with van der Waals surface area (Å²) in [5, 5.41) is 7.11. The van der Waals surface area contributed by atoms with Gasteiger partial charge in [0.15, 0.2) is 0 Å². The van der Waals surface area contributed by atoms with Crippen LogP contribution < -0.4 is 5.32 Å². The lowest BCUT2D eigenvalue weighted by Crippen LogP contribution is -2.22. The normalized spacial score (nSPS) is 12.8. The van der Waals surface area contributed by atoms with Crippen LogP contribution in [0.1, 0.15) is 88.4 Å². The molecule has 1 aromatic rings. The van der Waals surface area contributed by atoms with Gasteiger partial charge in [0.05, 0.1) is 6.04 Å². The molecule has 0 saturated heterocycles. The van der Waals surface area contributed by atoms with Crippen LogP contribution in [0.2, 0.25) is 0 Å². The first kappa shape index (κ1) is 17.6. The van der Waals surface area contributed by atoms with Gasteiger partial charge in [0.2, 0.25) is 0 Å². The molecular weight excluding hydrogens is 264 g/mol. The molecule has 0 saturated carbocycles. The molecule has 0 spiro atoms. The second-order valence-corrected chi connectivity index (χ2v) is 6.63. The van der Waals surface area contributed by atoms with E-state index in [2.05, 4.69) is 36.5 Å². The minimum Gasteiger partial charge on any atom is -0.308 e. The first-order chi connectivity index (χ1) is 9.77. The van der Waals surface area contributed by atoms with E-state index in [-0.39, 0.29) is 0 Å². The molecule has 0 aliphatic heterocycles. The van der Waals surface area contributed by atoms with E-state index in [4.69, 9.17) is 0 Å². The van der Waals surface area contributed by atoms with Gasteiger partial charge in [0.25, 0.3) is 0 Å². The Kier molecular flexibility index (Phi) is 9.94. The van der Waals surface area contributed by atoms with Crippen molar-refractivity contribution in [3.05, 3.63) is 16.1 Å². The highest BCUT2D eigenvalue weighted by Crippen LogP contribution is 2.23. The zero-order valence-corrected chi connectivity index (χ0v) is 14.4. The van der Waals surface area contributed by atoms with Gasteiger partial charge in [0.1, 0.15) is 5.01 Å². The fourth-order valence-corrected chi connectivity index (χ4v) is 3.38. The van der Waals surface area contributed by atoms with Crippen molar-refractivity contribution < 1.29 is 0 Å². The third kappa shape index (κ3) is 7.39. The Morgan fingerprint density at radius 1 is 1.05 bits per heavy atom. The van der Waals surface area contributed by atoms with Gasteiger partial charge >= 0.3 is 0 Å². The summed E-state index contributed by atoms with van der Waals surface area (Å²) in [6.07, 6.45) is 12.1. The average Bonchev–Trinajstić information content (AvgIpc) is 2.87. The highest BCUT2D eigenvalue weighted by molar-refractivity contribution is 7.09. The Labute approximate surface area is 129 Å². The summed E-state index contributed by atoms with van der Waals surface area (Å²) in [5.41, 5.74) is 1.16. The molecule has 1 unspecified atom stereocenters. The van der Waals surface area contributed by atoms with Gasteiger partial charge < -0.3 is 5.32 Å². The lowest BCUT2D eigenvalue weighted by Gasteiger charge is -2.16. The van der Waals surface area contributed by atoms with E-state index in [0.717, 1.165) is 12.2 Å². The maximum absolute atomic E-state index is 4.66. The van der Waals surface area contributed by atoms with E-state index in [0.29, 0.717) is 6.04 Å². The third-order valence-electron chi connectivity index (χ3n) is 3.67. The number of hydrogen-bond acceptors (Lipinski definition) is 3. The van der Waals surface area contributed by atoms with E-state index in [1.807, 2.05) is 11.3 Å². The van der Waals surface area contributed by atoms with Gasteiger partial charge in [-0.15, -0.1) is 11.3 Å². The minimum absolute atomic E-state index is 0.476. The molecule has 1 N–H and O–H groups in total. The fraction of sp³-hybridized carbons (Fsp3) is 0.824. The van der Waals surface area contributed by atoms with E-state index >= 15 is 0 Å². The van der Waals surface area contributed by atoms with Crippen LogP contribution in [0.25, 0.3) is 0 Å². The van der Waals surface area contributed by atoms with Crippen LogP contribution in [-0.4, -0.2) is 11.5 Å². The number of hydrogen-bond donors (Lipinski definition) is 1. The molecule has 1 heterocycles. The van der Waals surface area contributed by atoms with Crippen LogP contribution >= 0.6 is 11.3 Å². The summed E-state index contributed by atoms with van der Waals surface area (Å²) in [5.74, 6) is 0. The standard InChI is InChI=1S/C17H32N2S/c1-4-6-7-8-9-10-11-12-16(18-13-5-2)17-19-15(3)14-20-17/h14,16,18H,4-13H2,1-3H3. The largest absolute Gasteiger partial charge is 0.308 e. The van der Waals surface area contributed by atoms with Crippen molar-refractivity contribution in [2.75, 3.05) is 6.54 Å². The number of aryl methyl sites for hydroxylation is 1. The van der Waals surface area contributed by atoms with Crippen LogP contribution in [-0.2, 0) is 0 Å². The van der Waals surface area contributed by atoms with Gasteiger partial charge in [-0.3, -0.25) is 0 Å². The zero-order valence-electron chi connectivity index (χ0n) is 13.6. The summed E-state index contributed by atoms with van der Waals surface area (Å²) in [6, 6.07) is 0.476. The van der Waals surface area contributed by atoms with Crippen LogP contribution in [0.3, 0.4) is 0 Å². The van der Waals surface area contributed by atoms with E-state index in [1.165, 1.54) is 62.8 Å². The Hall–Kier alpha value is -0.410. The SMILES string of the molecule is CCCCCCCCCC(NCCC)c1nc(C)cs1. The molecule has 0 bridgehead atoms. The number of nitrogens with one attached hydrogen (secondary N) is 1. The van der Waals surface area contributed by atoms with Crippen molar-refractivity contribution >= 4 is 11.3 Å². The van der Waals surface area contributed by atoms with E-state index in [1.54, 1.807) is 0 Å². The second kappa shape index (κ2) is 11.3. The quantitative estimate of drug-likeness (QED) is 0.505. The first-order valence-electron chi connectivity index (χ1n) is 8.43. The summed E-state index contributed by atoms with van der Waals surface area (Å²) in [7, 11) is 0. The molecule has 1 atom stereocenters. The van der Waals surface area contributed by atoms with Crippen LogP contribution in [0, 0.1) is 6.92 Å². The number of aromatic nitrogens is 1. The lowest BCUT2D eigenvalue weighted by molar-refractivity contribution is 0.464. The van der Waals surface area contributed by atoms with Crippen molar-refractivity contribution in [2.45, 2.75) is 84.6 Å². The highest BCUT2D eigenvalue weighted by Gasteiger charge is 2.13. The predicted molar refractivity (Wildman–Crippen MR) is 90.5 cm³/mol. The molecule has 1 aromatic heterocycles. The van der Waals surface area contributed by atoms with Gasteiger partial charge in [-0.25, -0.2) is 4.98 Å². The highest BCUT2D eigenvalue weighted by atomic mass is 32.1. The topological polar surface area (TPSA) is 24.9 Å². The molecule has 2 nitrogen and oxygen atoms in total. The summed E-state index contributed by atoms with van der Waals surface area (Å²) >= 11 is 1.81. The summed E-state index contributed by atoms with van der Waals surface area (Å²) < 4.78 is 0. The minimum atomic E-state index is 0.476. The van der Waals surface area contributed by atoms with Crippen LogP contribution in [0.4, 0.5) is 0 Å².